The molecule has 4 heteroatoms. The van der Waals surface area contributed by atoms with Crippen LogP contribution in [0.1, 0.15) is 5.56 Å². The minimum atomic E-state index is 0.649. The molecule has 0 bridgehead atoms. The molecule has 0 unspecified atom stereocenters. The highest BCUT2D eigenvalue weighted by Crippen LogP contribution is 2.31. The molecule has 0 saturated heterocycles. The number of allylic oxidation sites excluding steroid dienone is 1. The molecule has 0 aliphatic heterocycles. The Kier molecular flexibility index (Phi) is 4.90. The van der Waals surface area contributed by atoms with Crippen LogP contribution in [0.5, 0.6) is 23.0 Å². The molecular formula is C21H20N2O2. The Labute approximate surface area is 147 Å². The average molecular weight is 332 g/mol. The summed E-state index contributed by atoms with van der Waals surface area (Å²) in [5, 5.41) is 0. The topological polar surface area (TPSA) is 70.5 Å². The lowest BCUT2D eigenvalue weighted by Crippen LogP contribution is -1.92. The van der Waals surface area contributed by atoms with Crippen molar-refractivity contribution in [1.29, 1.82) is 0 Å². The molecule has 0 amide bonds. The molecule has 4 nitrogen and oxygen atoms in total. The maximum absolute atomic E-state index is 5.93. The van der Waals surface area contributed by atoms with Crippen LogP contribution >= 0.6 is 0 Å². The van der Waals surface area contributed by atoms with Gasteiger partial charge in [0.15, 0.2) is 0 Å². The van der Waals surface area contributed by atoms with Gasteiger partial charge >= 0.3 is 0 Å². The van der Waals surface area contributed by atoms with E-state index in [1.165, 1.54) is 0 Å². The number of anilines is 2. The quantitative estimate of drug-likeness (QED) is 0.483. The van der Waals surface area contributed by atoms with Gasteiger partial charge < -0.3 is 20.9 Å². The molecule has 126 valence electrons. The van der Waals surface area contributed by atoms with Gasteiger partial charge in [-0.1, -0.05) is 18.2 Å². The second kappa shape index (κ2) is 7.45. The van der Waals surface area contributed by atoms with E-state index in [-0.39, 0.29) is 0 Å². The minimum absolute atomic E-state index is 0.649. The first-order valence-corrected chi connectivity index (χ1v) is 7.94. The lowest BCUT2D eigenvalue weighted by atomic mass is 10.1. The molecule has 0 aliphatic carbocycles. The van der Waals surface area contributed by atoms with Gasteiger partial charge in [0.1, 0.15) is 23.0 Å². The Morgan fingerprint density at radius 2 is 1.24 bits per heavy atom. The van der Waals surface area contributed by atoms with Crippen LogP contribution in [0, 0.1) is 0 Å². The van der Waals surface area contributed by atoms with Crippen molar-refractivity contribution in [2.75, 3.05) is 11.5 Å². The molecule has 0 saturated carbocycles. The van der Waals surface area contributed by atoms with E-state index in [2.05, 4.69) is 6.58 Å². The molecule has 0 spiro atoms. The number of rotatable bonds is 6. The van der Waals surface area contributed by atoms with Gasteiger partial charge in [-0.3, -0.25) is 0 Å². The number of nitrogen functional groups attached to an aromatic ring is 2. The third-order valence-electron chi connectivity index (χ3n) is 3.51. The van der Waals surface area contributed by atoms with Crippen LogP contribution in [0.25, 0.3) is 0 Å². The minimum Gasteiger partial charge on any atom is -0.457 e. The summed E-state index contributed by atoms with van der Waals surface area (Å²) in [6.45, 7) is 3.79. The van der Waals surface area contributed by atoms with Gasteiger partial charge in [0, 0.05) is 29.6 Å². The number of hydrogen-bond donors (Lipinski definition) is 2. The zero-order valence-electron chi connectivity index (χ0n) is 13.8. The lowest BCUT2D eigenvalue weighted by Gasteiger charge is -2.12. The van der Waals surface area contributed by atoms with E-state index in [9.17, 15) is 0 Å². The van der Waals surface area contributed by atoms with Gasteiger partial charge in [0.05, 0.1) is 0 Å². The summed E-state index contributed by atoms with van der Waals surface area (Å²) < 4.78 is 11.9. The highest BCUT2D eigenvalue weighted by atomic mass is 16.5. The normalized spacial score (nSPS) is 10.2. The number of nitrogens with two attached hydrogens (primary N) is 2. The van der Waals surface area contributed by atoms with E-state index in [0.717, 1.165) is 5.56 Å². The van der Waals surface area contributed by atoms with E-state index in [0.29, 0.717) is 40.8 Å². The van der Waals surface area contributed by atoms with Crippen LogP contribution in [0.2, 0.25) is 0 Å². The molecule has 4 N–H and O–H groups in total. The number of ether oxygens (including phenoxy) is 2. The molecule has 0 atom stereocenters. The van der Waals surface area contributed by atoms with E-state index < -0.39 is 0 Å². The lowest BCUT2D eigenvalue weighted by molar-refractivity contribution is 0.459. The van der Waals surface area contributed by atoms with Gasteiger partial charge in [-0.25, -0.2) is 0 Å². The standard InChI is InChI=1S/C21H20N2O2/c1-2-5-15-10-20(24-18-8-3-6-16(22)12-18)14-21(11-15)25-19-9-4-7-17(23)13-19/h2-4,6-14H,1,5,22-23H2. The van der Waals surface area contributed by atoms with Crippen LogP contribution in [0.3, 0.4) is 0 Å². The summed E-state index contributed by atoms with van der Waals surface area (Å²) in [5.41, 5.74) is 13.9. The number of benzene rings is 3. The molecule has 0 radical (unpaired) electrons. The van der Waals surface area contributed by atoms with E-state index in [1.807, 2.05) is 60.7 Å². The molecule has 3 aromatic rings. The highest BCUT2D eigenvalue weighted by Gasteiger charge is 2.06. The summed E-state index contributed by atoms with van der Waals surface area (Å²) in [6, 6.07) is 20.3. The second-order valence-corrected chi connectivity index (χ2v) is 5.65. The first kappa shape index (κ1) is 16.5. The summed E-state index contributed by atoms with van der Waals surface area (Å²) >= 11 is 0. The molecule has 0 heterocycles. The molecular weight excluding hydrogens is 312 g/mol. The van der Waals surface area contributed by atoms with Crippen molar-refractivity contribution in [3.05, 3.63) is 84.9 Å². The Hall–Kier alpha value is -3.40. The maximum Gasteiger partial charge on any atom is 0.131 e. The summed E-state index contributed by atoms with van der Waals surface area (Å²) in [6.07, 6.45) is 2.55. The van der Waals surface area contributed by atoms with Crippen molar-refractivity contribution in [1.82, 2.24) is 0 Å². The zero-order valence-corrected chi connectivity index (χ0v) is 13.8. The molecule has 0 fully saturated rings. The van der Waals surface area contributed by atoms with Crippen LogP contribution in [-0.4, -0.2) is 0 Å². The van der Waals surface area contributed by atoms with Crippen LogP contribution in [0.4, 0.5) is 11.4 Å². The third-order valence-corrected chi connectivity index (χ3v) is 3.51. The molecule has 0 aromatic heterocycles. The number of hydrogen-bond acceptors (Lipinski definition) is 4. The summed E-state index contributed by atoms with van der Waals surface area (Å²) in [7, 11) is 0. The van der Waals surface area contributed by atoms with Crippen molar-refractivity contribution < 1.29 is 9.47 Å². The van der Waals surface area contributed by atoms with E-state index >= 15 is 0 Å². The Balaban J connectivity index is 1.89. The van der Waals surface area contributed by atoms with Crippen molar-refractivity contribution >= 4 is 11.4 Å². The van der Waals surface area contributed by atoms with Gasteiger partial charge in [0.2, 0.25) is 0 Å². The fourth-order valence-electron chi connectivity index (χ4n) is 2.46. The van der Waals surface area contributed by atoms with Gasteiger partial charge in [0.25, 0.3) is 0 Å². The van der Waals surface area contributed by atoms with Gasteiger partial charge in [-0.15, -0.1) is 6.58 Å². The Bertz CT molecular complexity index is 825. The van der Waals surface area contributed by atoms with Gasteiger partial charge in [-0.2, -0.15) is 0 Å². The molecule has 0 aliphatic rings. The summed E-state index contributed by atoms with van der Waals surface area (Å²) in [5.74, 6) is 2.68. The SMILES string of the molecule is C=CCc1cc(Oc2cccc(N)c2)cc(Oc2cccc(N)c2)c1. The first-order valence-electron chi connectivity index (χ1n) is 7.94. The zero-order chi connectivity index (χ0) is 17.6. The highest BCUT2D eigenvalue weighted by molar-refractivity contribution is 5.49. The fraction of sp³-hybridized carbons (Fsp3) is 0.0476. The van der Waals surface area contributed by atoms with Crippen LogP contribution < -0.4 is 20.9 Å². The largest absolute Gasteiger partial charge is 0.457 e. The van der Waals surface area contributed by atoms with Crippen molar-refractivity contribution in [3.8, 4) is 23.0 Å². The molecule has 25 heavy (non-hydrogen) atoms. The average Bonchev–Trinajstić information content (AvgIpc) is 2.55. The van der Waals surface area contributed by atoms with Crippen LogP contribution in [-0.2, 0) is 6.42 Å². The van der Waals surface area contributed by atoms with Gasteiger partial charge in [-0.05, 0) is 48.4 Å². The molecule has 3 rings (SSSR count). The third kappa shape index (κ3) is 4.54. The van der Waals surface area contributed by atoms with Crippen LogP contribution in [0.15, 0.2) is 79.4 Å². The predicted octanol–water partition coefficient (Wildman–Crippen LogP) is 5.16. The smallest absolute Gasteiger partial charge is 0.131 e. The van der Waals surface area contributed by atoms with E-state index in [1.54, 1.807) is 12.1 Å². The fourth-order valence-corrected chi connectivity index (χ4v) is 2.46. The monoisotopic (exact) mass is 332 g/mol. The second-order valence-electron chi connectivity index (χ2n) is 5.65. The first-order chi connectivity index (χ1) is 12.1. The van der Waals surface area contributed by atoms with Crippen molar-refractivity contribution in [2.24, 2.45) is 0 Å². The van der Waals surface area contributed by atoms with Crippen molar-refractivity contribution in [3.63, 3.8) is 0 Å². The predicted molar refractivity (Wildman–Crippen MR) is 102 cm³/mol. The Morgan fingerprint density at radius 3 is 1.68 bits per heavy atom. The summed E-state index contributed by atoms with van der Waals surface area (Å²) in [4.78, 5) is 0. The van der Waals surface area contributed by atoms with E-state index in [4.69, 9.17) is 20.9 Å². The Morgan fingerprint density at radius 1 is 0.720 bits per heavy atom. The molecule has 3 aromatic carbocycles. The maximum atomic E-state index is 5.93. The van der Waals surface area contributed by atoms with Crippen molar-refractivity contribution in [2.45, 2.75) is 6.42 Å².